The lowest BCUT2D eigenvalue weighted by atomic mass is 9.89. The molecule has 0 N–H and O–H groups in total. The summed E-state index contributed by atoms with van der Waals surface area (Å²) in [4.78, 5) is 14.9. The van der Waals surface area contributed by atoms with Gasteiger partial charge in [-0.05, 0) is 106 Å². The molecule has 0 amide bonds. The maximum Gasteiger partial charge on any atom is 0.530 e. The molecule has 1 aliphatic heterocycles. The van der Waals surface area contributed by atoms with Gasteiger partial charge in [0.05, 0.1) is 11.1 Å². The van der Waals surface area contributed by atoms with Crippen LogP contribution in [0.25, 0.3) is 32.3 Å². The Kier molecular flexibility index (Phi) is 11.6. The van der Waals surface area contributed by atoms with E-state index in [1.165, 1.54) is 0 Å². The van der Waals surface area contributed by atoms with Gasteiger partial charge >= 0.3 is 17.2 Å². The van der Waals surface area contributed by atoms with Crippen molar-refractivity contribution in [3.8, 4) is 23.0 Å². The Morgan fingerprint density at radius 2 is 1.35 bits per heavy atom. The maximum absolute atomic E-state index is 14.9. The number of hydrogen-bond donors (Lipinski definition) is 0. The monoisotopic (exact) mass is 864 g/mol. The first-order valence-corrected chi connectivity index (χ1v) is 23.2. The fraction of sp³-hybridized carbons (Fsp3) is 0.0926. The number of carbonyl (C=O) groups excluding carboxylic acids is 1. The van der Waals surface area contributed by atoms with Gasteiger partial charge in [-0.25, -0.2) is 0 Å². The highest BCUT2D eigenvalue weighted by Crippen LogP contribution is 2.51. The average Bonchev–Trinajstić information content (AvgIpc) is 3.31. The molecule has 2 aliphatic carbocycles. The highest BCUT2D eigenvalue weighted by molar-refractivity contribution is 7.43. The molecular formula is C54H42O7P2. The van der Waals surface area contributed by atoms with E-state index in [1.807, 2.05) is 134 Å². The van der Waals surface area contributed by atoms with Gasteiger partial charge in [0, 0.05) is 24.0 Å². The summed E-state index contributed by atoms with van der Waals surface area (Å²) in [5, 5.41) is 6.45. The predicted molar refractivity (Wildman–Crippen MR) is 254 cm³/mol. The van der Waals surface area contributed by atoms with Gasteiger partial charge in [-0.1, -0.05) is 140 Å². The number of hydrogen-bond acceptors (Lipinski definition) is 7. The van der Waals surface area contributed by atoms with E-state index in [4.69, 9.17) is 27.1 Å². The number of rotatable bonds is 11. The summed E-state index contributed by atoms with van der Waals surface area (Å²) in [6.07, 6.45) is 16.7. The Hall–Kier alpha value is -6.91. The summed E-state index contributed by atoms with van der Waals surface area (Å²) < 4.78 is 39.7. The third kappa shape index (κ3) is 8.77. The molecule has 7 nitrogen and oxygen atoms in total. The van der Waals surface area contributed by atoms with Crippen molar-refractivity contribution in [1.82, 2.24) is 0 Å². The molecule has 0 saturated carbocycles. The molecule has 1 heterocycles. The molecule has 0 saturated heterocycles. The zero-order valence-corrected chi connectivity index (χ0v) is 36.3. The first kappa shape index (κ1) is 40.2. The van der Waals surface area contributed by atoms with E-state index in [-0.39, 0.29) is 5.78 Å². The molecule has 3 aliphatic rings. The van der Waals surface area contributed by atoms with Crippen LogP contribution in [0.1, 0.15) is 42.1 Å². The maximum atomic E-state index is 14.9. The molecule has 1 atom stereocenters. The van der Waals surface area contributed by atoms with Crippen molar-refractivity contribution in [3.63, 3.8) is 0 Å². The number of carbonyl (C=O) groups is 1. The van der Waals surface area contributed by atoms with Crippen molar-refractivity contribution in [1.29, 1.82) is 0 Å². The van der Waals surface area contributed by atoms with Gasteiger partial charge in [-0.15, -0.1) is 0 Å². The minimum absolute atomic E-state index is 0.273. The summed E-state index contributed by atoms with van der Waals surface area (Å²) in [6.45, 7) is 2.01. The van der Waals surface area contributed by atoms with Gasteiger partial charge in [0.2, 0.25) is 0 Å². The number of benzene rings is 7. The van der Waals surface area contributed by atoms with Crippen LogP contribution in [0.15, 0.2) is 216 Å². The molecule has 0 aromatic heterocycles. The van der Waals surface area contributed by atoms with Crippen molar-refractivity contribution in [2.24, 2.45) is 0 Å². The van der Waals surface area contributed by atoms with E-state index in [0.717, 1.165) is 55.4 Å². The number of ketones is 1. The van der Waals surface area contributed by atoms with Crippen LogP contribution < -0.4 is 18.1 Å². The molecule has 310 valence electrons. The van der Waals surface area contributed by atoms with Crippen molar-refractivity contribution in [2.45, 2.75) is 32.6 Å². The van der Waals surface area contributed by atoms with E-state index >= 15 is 0 Å². The predicted octanol–water partition coefficient (Wildman–Crippen LogP) is 15.3. The lowest BCUT2D eigenvalue weighted by Crippen LogP contribution is -2.13. The Morgan fingerprint density at radius 3 is 2.10 bits per heavy atom. The van der Waals surface area contributed by atoms with Gasteiger partial charge in [-0.3, -0.25) is 4.79 Å². The summed E-state index contributed by atoms with van der Waals surface area (Å²) >= 11 is 0. The first-order chi connectivity index (χ1) is 31.1. The molecule has 0 spiro atoms. The Balaban J connectivity index is 0.982. The van der Waals surface area contributed by atoms with Crippen molar-refractivity contribution in [2.75, 3.05) is 0 Å². The lowest BCUT2D eigenvalue weighted by molar-refractivity contribution is 0.103. The zero-order valence-electron chi connectivity index (χ0n) is 34.5. The van der Waals surface area contributed by atoms with Crippen molar-refractivity contribution >= 4 is 55.3 Å². The van der Waals surface area contributed by atoms with Gasteiger partial charge in [0.25, 0.3) is 0 Å². The minimum Gasteiger partial charge on any atom is -0.412 e. The van der Waals surface area contributed by atoms with Crippen molar-refractivity contribution in [3.05, 3.63) is 227 Å². The quantitative estimate of drug-likeness (QED) is 0.0947. The van der Waals surface area contributed by atoms with Crippen LogP contribution in [0.3, 0.4) is 0 Å². The zero-order chi connectivity index (χ0) is 42.5. The second kappa shape index (κ2) is 18.2. The van der Waals surface area contributed by atoms with Crippen LogP contribution in [0, 0.1) is 0 Å². The van der Waals surface area contributed by atoms with Crippen LogP contribution >= 0.6 is 17.2 Å². The molecule has 63 heavy (non-hydrogen) atoms. The van der Waals surface area contributed by atoms with E-state index in [0.29, 0.717) is 64.9 Å². The second-order valence-corrected chi connectivity index (χ2v) is 17.2. The highest BCUT2D eigenvalue weighted by Gasteiger charge is 2.32. The van der Waals surface area contributed by atoms with Crippen LogP contribution in [0.2, 0.25) is 0 Å². The molecular weight excluding hydrogens is 823 g/mol. The van der Waals surface area contributed by atoms with Crippen LogP contribution in [-0.2, 0) is 15.5 Å². The number of para-hydroxylation sites is 1. The van der Waals surface area contributed by atoms with Gasteiger partial charge in [0.1, 0.15) is 34.5 Å². The van der Waals surface area contributed by atoms with Gasteiger partial charge in [-0.2, -0.15) is 0 Å². The van der Waals surface area contributed by atoms with Gasteiger partial charge in [0.15, 0.2) is 5.78 Å². The third-order valence-corrected chi connectivity index (χ3v) is 13.3. The molecule has 10 rings (SSSR count). The molecule has 1 unspecified atom stereocenters. The summed E-state index contributed by atoms with van der Waals surface area (Å²) in [5.41, 5.74) is 4.02. The van der Waals surface area contributed by atoms with Gasteiger partial charge < -0.3 is 27.1 Å². The topological polar surface area (TPSA) is 72.5 Å². The molecule has 9 heteroatoms. The summed E-state index contributed by atoms with van der Waals surface area (Å²) in [6, 6.07) is 47.5. The highest BCUT2D eigenvalue weighted by atomic mass is 31.2. The van der Waals surface area contributed by atoms with Crippen molar-refractivity contribution < 1.29 is 31.9 Å². The summed E-state index contributed by atoms with van der Waals surface area (Å²) in [7, 11) is -4.16. The Labute approximate surface area is 368 Å². The number of Topliss-reactive ketones (excluding diaryl/α,β-unsaturated/α-hetero) is 1. The lowest BCUT2D eigenvalue weighted by Gasteiger charge is -2.28. The molecule has 7 aromatic carbocycles. The molecule has 7 aromatic rings. The SMILES string of the molecule is C/C=C\C=C1/CC=CC2=C1Cc1c(ccc3ccccc13)OP(Oc1ccccc1C(=O)C1=C(OP(Oc3ccc4ccccc4c3)Oc3ccc4ccccc4c3)CCC=C1)O2. The second-order valence-electron chi connectivity index (χ2n) is 15.2. The van der Waals surface area contributed by atoms with Crippen LogP contribution in [0.5, 0.6) is 23.0 Å². The fourth-order valence-electron chi connectivity index (χ4n) is 7.99. The smallest absolute Gasteiger partial charge is 0.412 e. The fourth-order valence-corrected chi connectivity index (χ4v) is 10.1. The number of allylic oxidation sites excluding steroid dienone is 11. The minimum atomic E-state index is -2.08. The van der Waals surface area contributed by atoms with E-state index in [2.05, 4.69) is 48.6 Å². The standard InChI is InChI=1S/C54H42O7P2/c1-2-3-15-39-21-14-27-52-48(39)36-49-45-22-9-8-18-40(45)30-33-53(49)61-63(60-52)59-51-26-13-11-24-47(51)54(55)46-23-10-12-25-50(46)58-62(56-43-31-28-37-16-4-6-19-41(37)34-43)57-44-32-29-38-17-5-7-20-42(38)35-44/h2-11,13-20,22-24,26-35H,12,21,25,36H2,1H3/b3-2-,39-15+. The summed E-state index contributed by atoms with van der Waals surface area (Å²) in [5.74, 6) is 3.07. The molecule has 0 fully saturated rings. The normalized spacial score (nSPS) is 16.7. The third-order valence-electron chi connectivity index (χ3n) is 11.1. The van der Waals surface area contributed by atoms with Crippen LogP contribution in [-0.4, -0.2) is 5.78 Å². The van der Waals surface area contributed by atoms with E-state index in [9.17, 15) is 4.79 Å². The first-order valence-electron chi connectivity index (χ1n) is 21.0. The molecule has 0 bridgehead atoms. The van der Waals surface area contributed by atoms with Crippen LogP contribution in [0.4, 0.5) is 0 Å². The largest absolute Gasteiger partial charge is 0.530 e. The van der Waals surface area contributed by atoms with E-state index in [1.54, 1.807) is 12.1 Å². The molecule has 0 radical (unpaired) electrons. The van der Waals surface area contributed by atoms with E-state index < -0.39 is 17.2 Å². The Morgan fingerprint density at radius 1 is 0.683 bits per heavy atom. The average molecular weight is 865 g/mol. The number of fused-ring (bicyclic) bond motifs is 5. The Bertz CT molecular complexity index is 3010.